The van der Waals surface area contributed by atoms with Gasteiger partial charge in [-0.2, -0.15) is 0 Å². The maximum Gasteiger partial charge on any atom is 0.371 e. The molecule has 162 valence electrons. The summed E-state index contributed by atoms with van der Waals surface area (Å²) in [4.78, 5) is 28.8. The number of carboxylic acid groups (broad SMARTS) is 1. The van der Waals surface area contributed by atoms with Crippen molar-refractivity contribution >= 4 is 45.0 Å². The van der Waals surface area contributed by atoms with Crippen LogP contribution in [0.2, 0.25) is 0 Å². The molecular weight excluding hydrogens is 420 g/mol. The van der Waals surface area contributed by atoms with Crippen LogP contribution >= 0.6 is 10.8 Å². The number of furan rings is 1. The third kappa shape index (κ3) is 3.83. The first kappa shape index (κ1) is 21.1. The zero-order valence-electron chi connectivity index (χ0n) is 16.8. The Kier molecular flexibility index (Phi) is 5.57. The van der Waals surface area contributed by atoms with Gasteiger partial charge in [0.25, 0.3) is 5.91 Å². The summed E-state index contributed by atoms with van der Waals surface area (Å²) >= 11 is 0. The largest absolute Gasteiger partial charge is 0.475 e. The predicted octanol–water partition coefficient (Wildman–Crippen LogP) is 5.25. The van der Waals surface area contributed by atoms with Crippen molar-refractivity contribution in [1.29, 1.82) is 0 Å². The highest BCUT2D eigenvalue weighted by Crippen LogP contribution is 2.62. The Hall–Kier alpha value is -3.14. The molecule has 4 rings (SSSR count). The fourth-order valence-electron chi connectivity index (χ4n) is 3.60. The minimum Gasteiger partial charge on any atom is -0.475 e. The smallest absolute Gasteiger partial charge is 0.371 e. The Morgan fingerprint density at radius 3 is 2.58 bits per heavy atom. The van der Waals surface area contributed by atoms with Crippen molar-refractivity contribution in [2.45, 2.75) is 25.0 Å². The number of fused-ring (bicyclic) bond motifs is 1. The number of hydrogen-bond acceptors (Lipinski definition) is 6. The summed E-state index contributed by atoms with van der Waals surface area (Å²) < 4.78 is 28.5. The monoisotopic (exact) mass is 442 g/mol. The van der Waals surface area contributed by atoms with E-state index in [2.05, 4.69) is 4.99 Å². The zero-order valence-corrected chi connectivity index (χ0v) is 17.6. The number of aromatic carboxylic acids is 1. The van der Waals surface area contributed by atoms with Crippen molar-refractivity contribution in [3.63, 3.8) is 0 Å². The molecule has 31 heavy (non-hydrogen) atoms. The Bertz CT molecular complexity index is 1170. The molecule has 1 amide bonds. The van der Waals surface area contributed by atoms with Gasteiger partial charge < -0.3 is 9.52 Å². The van der Waals surface area contributed by atoms with E-state index in [1.54, 1.807) is 42.5 Å². The normalized spacial score (nSPS) is 20.5. The number of carbonyl (C=O) groups is 2. The van der Waals surface area contributed by atoms with Crippen molar-refractivity contribution in [1.82, 2.24) is 4.31 Å². The van der Waals surface area contributed by atoms with Gasteiger partial charge in [-0.1, -0.05) is 43.7 Å². The second kappa shape index (κ2) is 8.18. The second-order valence-electron chi connectivity index (χ2n) is 7.25. The number of unbranched alkanes of at least 4 members (excludes halogenated alkanes) is 1. The molecule has 1 unspecified atom stereocenters. The first-order valence-electron chi connectivity index (χ1n) is 9.82. The number of rotatable bonds is 6. The van der Waals surface area contributed by atoms with Crippen LogP contribution in [0.3, 0.4) is 0 Å². The molecule has 1 aliphatic heterocycles. The second-order valence-corrected chi connectivity index (χ2v) is 9.28. The van der Waals surface area contributed by atoms with E-state index < -0.39 is 27.9 Å². The molecule has 1 aromatic heterocycles. The predicted molar refractivity (Wildman–Crippen MR) is 119 cm³/mol. The van der Waals surface area contributed by atoms with Crippen molar-refractivity contribution < 1.29 is 28.2 Å². The average Bonchev–Trinajstić information content (AvgIpc) is 3.24. The van der Waals surface area contributed by atoms with Crippen molar-refractivity contribution in [3.8, 4) is 0 Å². The first-order chi connectivity index (χ1) is 14.8. The fourth-order valence-corrected chi connectivity index (χ4v) is 5.56. The molecule has 1 fully saturated rings. The summed E-state index contributed by atoms with van der Waals surface area (Å²) in [5.41, 5.74) is 1.41. The van der Waals surface area contributed by atoms with Crippen LogP contribution < -0.4 is 0 Å². The van der Waals surface area contributed by atoms with E-state index in [1.165, 1.54) is 6.07 Å². The van der Waals surface area contributed by atoms with Gasteiger partial charge in [-0.25, -0.2) is 14.1 Å². The number of carboxylic acids is 1. The number of hydrogen-bond donors (Lipinski definition) is 3. The van der Waals surface area contributed by atoms with Crippen molar-refractivity contribution in [2.75, 3.05) is 6.54 Å². The van der Waals surface area contributed by atoms with Crippen LogP contribution in [0.5, 0.6) is 0 Å². The van der Waals surface area contributed by atoms with Crippen molar-refractivity contribution in [2.24, 2.45) is 4.99 Å². The van der Waals surface area contributed by atoms with E-state index in [1.807, 2.05) is 13.0 Å². The highest BCUT2D eigenvalue weighted by molar-refractivity contribution is 8.24. The summed E-state index contributed by atoms with van der Waals surface area (Å²) in [5, 5.41) is 8.66. The summed E-state index contributed by atoms with van der Waals surface area (Å²) in [7, 11) is -3.46. The topological polar surface area (TPSA) is 124 Å². The number of amides is 1. The maximum atomic E-state index is 13.2. The van der Waals surface area contributed by atoms with Gasteiger partial charge in [-0.3, -0.25) is 13.9 Å². The fraction of sp³-hybridized carbons (Fsp3) is 0.227. The van der Waals surface area contributed by atoms with E-state index in [9.17, 15) is 18.7 Å². The SMILES string of the molecule is CCCCN1C(=O)C(=Nc2ccc3oc(C(=O)O)cc3c2)C(c2ccccc2)S1(O)O. The van der Waals surface area contributed by atoms with Crippen LogP contribution in [-0.2, 0) is 4.79 Å². The van der Waals surface area contributed by atoms with E-state index in [-0.39, 0.29) is 18.0 Å². The third-order valence-corrected chi connectivity index (χ3v) is 7.24. The Balaban J connectivity index is 1.81. The van der Waals surface area contributed by atoms with Crippen molar-refractivity contribution in [3.05, 3.63) is 65.9 Å². The van der Waals surface area contributed by atoms with Crippen LogP contribution in [0.4, 0.5) is 5.69 Å². The van der Waals surface area contributed by atoms with Gasteiger partial charge in [-0.15, -0.1) is 10.8 Å². The summed E-state index contributed by atoms with van der Waals surface area (Å²) in [6.07, 6.45) is 1.43. The maximum absolute atomic E-state index is 13.2. The van der Waals surface area contributed by atoms with E-state index in [4.69, 9.17) is 9.52 Å². The highest BCUT2D eigenvalue weighted by Gasteiger charge is 2.50. The van der Waals surface area contributed by atoms with Gasteiger partial charge in [-0.05, 0) is 36.2 Å². The molecule has 9 heteroatoms. The van der Waals surface area contributed by atoms with Gasteiger partial charge in [0, 0.05) is 11.9 Å². The standard InChI is InChI=1S/C22H22N2O6S/c1-2-3-11-24-21(25)19(20(31(24,28)29)14-7-5-4-6-8-14)23-16-9-10-17-15(12-16)13-18(30-17)22(26)27/h4-10,12-13,20,28-29H,2-3,11H2,1H3,(H,26,27). The van der Waals surface area contributed by atoms with Gasteiger partial charge in [0.1, 0.15) is 16.5 Å². The molecule has 0 saturated carbocycles. The summed E-state index contributed by atoms with van der Waals surface area (Å²) in [5.74, 6) is -1.89. The molecule has 0 radical (unpaired) electrons. The molecule has 2 aromatic carbocycles. The van der Waals surface area contributed by atoms with Gasteiger partial charge in [0.15, 0.2) is 0 Å². The number of carbonyl (C=O) groups excluding carboxylic acids is 1. The lowest BCUT2D eigenvalue weighted by Crippen LogP contribution is -2.29. The summed E-state index contributed by atoms with van der Waals surface area (Å²) in [6, 6.07) is 15.0. The zero-order chi connectivity index (χ0) is 22.2. The van der Waals surface area contributed by atoms with Gasteiger partial charge in [0.05, 0.1) is 5.69 Å². The molecule has 0 spiro atoms. The van der Waals surface area contributed by atoms with E-state index in [0.29, 0.717) is 28.6 Å². The van der Waals surface area contributed by atoms with Crippen LogP contribution in [0, 0.1) is 0 Å². The lowest BCUT2D eigenvalue weighted by molar-refractivity contribution is -0.119. The third-order valence-electron chi connectivity index (χ3n) is 5.11. The van der Waals surface area contributed by atoms with Gasteiger partial charge >= 0.3 is 5.97 Å². The number of benzene rings is 2. The molecule has 3 aromatic rings. The van der Waals surface area contributed by atoms with Crippen LogP contribution in [0.25, 0.3) is 11.0 Å². The molecule has 8 nitrogen and oxygen atoms in total. The number of aliphatic imine (C=N–C) groups is 1. The molecule has 1 atom stereocenters. The minimum absolute atomic E-state index is 0.0450. The molecule has 1 saturated heterocycles. The highest BCUT2D eigenvalue weighted by atomic mass is 32.3. The van der Waals surface area contributed by atoms with Gasteiger partial charge in [0.2, 0.25) is 5.76 Å². The molecule has 3 N–H and O–H groups in total. The van der Waals surface area contributed by atoms with Crippen LogP contribution in [0.15, 0.2) is 64.0 Å². The quantitative estimate of drug-likeness (QED) is 0.479. The Labute approximate surface area is 180 Å². The molecule has 1 aliphatic rings. The van der Waals surface area contributed by atoms with Crippen LogP contribution in [-0.4, -0.2) is 42.7 Å². The molecular formula is C22H22N2O6S. The lowest BCUT2D eigenvalue weighted by atomic mass is 10.1. The first-order valence-corrected chi connectivity index (χ1v) is 11.4. The van der Waals surface area contributed by atoms with E-state index >= 15 is 0 Å². The molecule has 2 heterocycles. The number of nitrogens with zero attached hydrogens (tertiary/aromatic N) is 2. The minimum atomic E-state index is -3.46. The molecule has 0 aliphatic carbocycles. The Morgan fingerprint density at radius 2 is 1.90 bits per heavy atom. The summed E-state index contributed by atoms with van der Waals surface area (Å²) in [6.45, 7) is 2.18. The molecule has 0 bridgehead atoms. The van der Waals surface area contributed by atoms with E-state index in [0.717, 1.165) is 10.7 Å². The van der Waals surface area contributed by atoms with Crippen LogP contribution in [0.1, 0.15) is 41.1 Å². The average molecular weight is 442 g/mol. The lowest BCUT2D eigenvalue weighted by Gasteiger charge is -2.40. The Morgan fingerprint density at radius 1 is 1.16 bits per heavy atom.